The number of nitrogens with one attached hydrogen (secondary N) is 2. The molecule has 0 bridgehead atoms. The summed E-state index contributed by atoms with van der Waals surface area (Å²) in [5, 5.41) is 6.14. The van der Waals surface area contributed by atoms with E-state index in [9.17, 15) is 22.8 Å². The number of hydrogen-bond donors (Lipinski definition) is 2. The number of hydrogen-bond acceptors (Lipinski definition) is 6. The van der Waals surface area contributed by atoms with Crippen molar-refractivity contribution < 1.29 is 27.5 Å². The molecule has 3 heterocycles. The summed E-state index contributed by atoms with van der Waals surface area (Å²) >= 11 is 0. The number of methoxy groups -OCH3 is 1. The number of likely N-dealkylation sites (N-methyl/N-ethyl adjacent to an activating group) is 1. The highest BCUT2D eigenvalue weighted by atomic mass is 19.2. The van der Waals surface area contributed by atoms with Crippen molar-refractivity contribution in [3.63, 3.8) is 0 Å². The van der Waals surface area contributed by atoms with Crippen LogP contribution >= 0.6 is 0 Å². The van der Waals surface area contributed by atoms with Crippen LogP contribution in [0.3, 0.4) is 0 Å². The molecular weight excluding hydrogens is 439 g/mol. The minimum absolute atomic E-state index is 0.133. The van der Waals surface area contributed by atoms with Crippen molar-refractivity contribution in [3.05, 3.63) is 46.9 Å². The molecule has 0 spiro atoms. The van der Waals surface area contributed by atoms with Crippen molar-refractivity contribution in [3.8, 4) is 0 Å². The first-order valence-corrected chi connectivity index (χ1v) is 10.4. The zero-order valence-corrected chi connectivity index (χ0v) is 18.6. The normalized spacial score (nSPS) is 19.0. The zero-order chi connectivity index (χ0) is 24.0. The summed E-state index contributed by atoms with van der Waals surface area (Å²) in [5.74, 6) is -4.61. The third kappa shape index (κ3) is 4.08. The van der Waals surface area contributed by atoms with E-state index in [0.29, 0.717) is 29.3 Å². The van der Waals surface area contributed by atoms with Crippen molar-refractivity contribution in [2.75, 3.05) is 42.8 Å². The summed E-state index contributed by atoms with van der Waals surface area (Å²) in [6.07, 6.45) is -0.333. The molecule has 176 valence electrons. The molecule has 2 atom stereocenters. The Morgan fingerprint density at radius 3 is 2.48 bits per heavy atom. The van der Waals surface area contributed by atoms with Crippen LogP contribution in [0.4, 0.5) is 30.4 Å². The quantitative estimate of drug-likeness (QED) is 0.663. The number of rotatable bonds is 5. The highest BCUT2D eigenvalue weighted by Crippen LogP contribution is 2.36. The number of carbonyl (C=O) groups excluding carboxylic acids is 2. The molecule has 0 saturated carbocycles. The number of carbonyl (C=O) groups is 2. The molecule has 1 aromatic carbocycles. The van der Waals surface area contributed by atoms with Crippen LogP contribution < -0.4 is 15.5 Å². The number of aromatic nitrogens is 1. The van der Waals surface area contributed by atoms with Gasteiger partial charge in [0.05, 0.1) is 29.2 Å². The topological polar surface area (TPSA) is 86.8 Å². The smallest absolute Gasteiger partial charge is 0.254 e. The highest BCUT2D eigenvalue weighted by Gasteiger charge is 2.37. The molecule has 1 aromatic heterocycles. The second-order valence-electron chi connectivity index (χ2n) is 8.28. The van der Waals surface area contributed by atoms with Crippen molar-refractivity contribution in [2.24, 2.45) is 0 Å². The van der Waals surface area contributed by atoms with E-state index in [1.807, 2.05) is 24.9 Å². The Morgan fingerprint density at radius 2 is 1.88 bits per heavy atom. The first kappa shape index (κ1) is 22.8. The average molecular weight is 463 g/mol. The summed E-state index contributed by atoms with van der Waals surface area (Å²) in [5.41, 5.74) is 1.79. The van der Waals surface area contributed by atoms with E-state index in [4.69, 9.17) is 4.74 Å². The van der Waals surface area contributed by atoms with Crippen molar-refractivity contribution in [2.45, 2.75) is 32.0 Å². The lowest BCUT2D eigenvalue weighted by Gasteiger charge is -2.41. The molecule has 2 aromatic rings. The molecule has 1 fully saturated rings. The van der Waals surface area contributed by atoms with Crippen LogP contribution in [0.1, 0.15) is 23.0 Å². The van der Waals surface area contributed by atoms with Crippen molar-refractivity contribution in [1.29, 1.82) is 0 Å². The van der Waals surface area contributed by atoms with Gasteiger partial charge < -0.3 is 25.2 Å². The maximum absolute atomic E-state index is 13.4. The largest absolute Gasteiger partial charge is 0.379 e. The van der Waals surface area contributed by atoms with Gasteiger partial charge in [0, 0.05) is 38.9 Å². The number of nitrogens with zero attached hydrogens (tertiary/aromatic N) is 3. The Bertz CT molecular complexity index is 1100. The summed E-state index contributed by atoms with van der Waals surface area (Å²) in [6, 6.07) is 2.55. The first-order valence-electron chi connectivity index (χ1n) is 10.4. The molecule has 33 heavy (non-hydrogen) atoms. The lowest BCUT2D eigenvalue weighted by atomic mass is 10.0. The second-order valence-corrected chi connectivity index (χ2v) is 8.28. The van der Waals surface area contributed by atoms with Crippen LogP contribution in [0, 0.1) is 24.4 Å². The number of aryl methyl sites for hydroxylation is 1. The summed E-state index contributed by atoms with van der Waals surface area (Å²) < 4.78 is 45.4. The monoisotopic (exact) mass is 463 g/mol. The minimum Gasteiger partial charge on any atom is -0.379 e. The lowest BCUT2D eigenvalue weighted by Crippen LogP contribution is -2.57. The number of pyridine rings is 1. The molecule has 11 heteroatoms. The Balaban J connectivity index is 1.45. The van der Waals surface area contributed by atoms with Gasteiger partial charge in [0.25, 0.3) is 5.91 Å². The Hall–Kier alpha value is -3.34. The van der Waals surface area contributed by atoms with E-state index >= 15 is 0 Å². The Kier molecular flexibility index (Phi) is 5.91. The standard InChI is InChI=1S/C22H24F3N5O3/c1-10-19-16(29(3)20(11(2)33-4)21(31)28-19)7-17(26-10)27-13-8-30(9-13)22(32)12-5-14(23)18(25)15(24)6-12/h5-7,11,13,20H,8-9H2,1-4H3,(H,26,27)(H,28,31)/t11-,20+/m1/s1. The van der Waals surface area contributed by atoms with Crippen LogP contribution in [0.2, 0.25) is 0 Å². The molecule has 0 radical (unpaired) electrons. The van der Waals surface area contributed by atoms with E-state index in [0.717, 1.165) is 5.69 Å². The SMILES string of the molecule is CO[C@H](C)[C@H]1C(=O)Nc2c(cc(NC3CN(C(=O)c4cc(F)c(F)c(F)c4)C3)nc2C)N1C. The Labute approximate surface area is 188 Å². The number of anilines is 3. The molecule has 4 rings (SSSR count). The van der Waals surface area contributed by atoms with E-state index in [1.54, 1.807) is 14.0 Å². The van der Waals surface area contributed by atoms with Crippen LogP contribution in [0.15, 0.2) is 18.2 Å². The summed E-state index contributed by atoms with van der Waals surface area (Å²) in [4.78, 5) is 32.7. The number of fused-ring (bicyclic) bond motifs is 1. The van der Waals surface area contributed by atoms with Gasteiger partial charge in [-0.1, -0.05) is 0 Å². The molecule has 8 nitrogen and oxygen atoms in total. The molecule has 2 aliphatic rings. The fourth-order valence-corrected chi connectivity index (χ4v) is 4.15. The van der Waals surface area contributed by atoms with E-state index < -0.39 is 29.4 Å². The molecule has 1 saturated heterocycles. The fourth-order valence-electron chi connectivity index (χ4n) is 4.15. The third-order valence-electron chi connectivity index (χ3n) is 6.06. The highest BCUT2D eigenvalue weighted by molar-refractivity contribution is 6.04. The van der Waals surface area contributed by atoms with Crippen LogP contribution in [-0.4, -0.2) is 67.1 Å². The van der Waals surface area contributed by atoms with Gasteiger partial charge in [0.1, 0.15) is 11.9 Å². The lowest BCUT2D eigenvalue weighted by molar-refractivity contribution is -0.120. The molecular formula is C22H24F3N5O3. The van der Waals surface area contributed by atoms with Gasteiger partial charge in [0.15, 0.2) is 17.5 Å². The zero-order valence-electron chi connectivity index (χ0n) is 18.6. The van der Waals surface area contributed by atoms with Crippen LogP contribution in [0.25, 0.3) is 0 Å². The fraction of sp³-hybridized carbons (Fsp3) is 0.409. The van der Waals surface area contributed by atoms with Gasteiger partial charge in [-0.2, -0.15) is 0 Å². The number of likely N-dealkylation sites (tertiary alicyclic amines) is 1. The van der Waals surface area contributed by atoms with Gasteiger partial charge in [-0.15, -0.1) is 0 Å². The van der Waals surface area contributed by atoms with E-state index in [1.165, 1.54) is 4.90 Å². The van der Waals surface area contributed by atoms with Crippen molar-refractivity contribution >= 4 is 29.0 Å². The average Bonchev–Trinajstić information content (AvgIpc) is 2.74. The molecule has 2 N–H and O–H groups in total. The van der Waals surface area contributed by atoms with Gasteiger partial charge >= 0.3 is 0 Å². The van der Waals surface area contributed by atoms with Crippen LogP contribution in [-0.2, 0) is 9.53 Å². The number of amides is 2. The number of ether oxygens (including phenoxy) is 1. The number of halogens is 3. The molecule has 0 aliphatic carbocycles. The van der Waals surface area contributed by atoms with Gasteiger partial charge in [0.2, 0.25) is 5.91 Å². The van der Waals surface area contributed by atoms with Gasteiger partial charge in [-0.25, -0.2) is 18.2 Å². The van der Waals surface area contributed by atoms with Crippen molar-refractivity contribution in [1.82, 2.24) is 9.88 Å². The predicted octanol–water partition coefficient (Wildman–Crippen LogP) is 2.54. The molecule has 2 aliphatic heterocycles. The number of benzene rings is 1. The van der Waals surface area contributed by atoms with Gasteiger partial charge in [-0.3, -0.25) is 9.59 Å². The van der Waals surface area contributed by atoms with E-state index in [-0.39, 0.29) is 36.7 Å². The maximum Gasteiger partial charge on any atom is 0.254 e. The third-order valence-corrected chi connectivity index (χ3v) is 6.06. The Morgan fingerprint density at radius 1 is 1.24 bits per heavy atom. The maximum atomic E-state index is 13.4. The molecule has 0 unspecified atom stereocenters. The first-order chi connectivity index (χ1) is 15.6. The van der Waals surface area contributed by atoms with Gasteiger partial charge in [-0.05, 0) is 26.0 Å². The van der Waals surface area contributed by atoms with Crippen LogP contribution in [0.5, 0.6) is 0 Å². The summed E-state index contributed by atoms with van der Waals surface area (Å²) in [6.45, 7) is 4.17. The second kappa shape index (κ2) is 8.54. The van der Waals surface area contributed by atoms with E-state index in [2.05, 4.69) is 15.6 Å². The molecule has 2 amide bonds. The summed E-state index contributed by atoms with van der Waals surface area (Å²) in [7, 11) is 3.36. The minimum atomic E-state index is -1.60. The predicted molar refractivity (Wildman–Crippen MR) is 116 cm³/mol.